The number of nitrogens with zero attached hydrogens (tertiary/aromatic N) is 3. The lowest BCUT2D eigenvalue weighted by atomic mass is 9.86. The highest BCUT2D eigenvalue weighted by atomic mass is 19.4. The maximum Gasteiger partial charge on any atom is 0.425 e. The van der Waals surface area contributed by atoms with Gasteiger partial charge in [0.05, 0.1) is 24.5 Å². The van der Waals surface area contributed by atoms with E-state index < -0.39 is 23.2 Å². The van der Waals surface area contributed by atoms with E-state index in [1.807, 2.05) is 0 Å². The lowest BCUT2D eigenvalue weighted by Crippen LogP contribution is -2.43. The van der Waals surface area contributed by atoms with Gasteiger partial charge in [0.1, 0.15) is 5.82 Å². The molecule has 0 spiro atoms. The first kappa shape index (κ1) is 19.8. The first-order valence-corrected chi connectivity index (χ1v) is 8.78. The predicted molar refractivity (Wildman–Crippen MR) is 101 cm³/mol. The number of alkyl halides is 3. The molecule has 0 saturated carbocycles. The van der Waals surface area contributed by atoms with Crippen LogP contribution in [0, 0.1) is 5.82 Å². The molecular weight excluding hydrogens is 402 g/mol. The van der Waals surface area contributed by atoms with E-state index in [4.69, 9.17) is 4.74 Å². The van der Waals surface area contributed by atoms with E-state index >= 15 is 0 Å². The zero-order chi connectivity index (χ0) is 21.5. The minimum absolute atomic E-state index is 0.124. The number of ether oxygens (including phenoxy) is 1. The summed E-state index contributed by atoms with van der Waals surface area (Å²) in [5, 5.41) is 15.3. The third-order valence-electron chi connectivity index (χ3n) is 4.83. The zero-order valence-corrected chi connectivity index (χ0v) is 15.6. The summed E-state index contributed by atoms with van der Waals surface area (Å²) in [4.78, 5) is 3.79. The van der Waals surface area contributed by atoms with Crippen LogP contribution in [0.4, 0.5) is 17.6 Å². The van der Waals surface area contributed by atoms with Gasteiger partial charge in [0, 0.05) is 23.2 Å². The molecule has 1 N–H and O–H groups in total. The summed E-state index contributed by atoms with van der Waals surface area (Å²) in [6.45, 7) is 0. The maximum atomic E-state index is 14.0. The lowest BCUT2D eigenvalue weighted by Gasteiger charge is -2.31. The molecule has 1 unspecified atom stereocenters. The average Bonchev–Trinajstić information content (AvgIpc) is 3.16. The van der Waals surface area contributed by atoms with E-state index in [0.29, 0.717) is 16.6 Å². The molecule has 0 fully saturated rings. The molecule has 9 heteroatoms. The largest absolute Gasteiger partial charge is 0.481 e. The highest BCUT2D eigenvalue weighted by Gasteiger charge is 2.56. The average molecular weight is 417 g/mol. The molecule has 30 heavy (non-hydrogen) atoms. The Kier molecular flexibility index (Phi) is 4.70. The normalized spacial score (nSPS) is 13.9. The Morgan fingerprint density at radius 3 is 2.23 bits per heavy atom. The van der Waals surface area contributed by atoms with Crippen molar-refractivity contribution in [3.8, 4) is 11.6 Å². The van der Waals surface area contributed by atoms with E-state index in [9.17, 15) is 22.7 Å². The van der Waals surface area contributed by atoms with E-state index in [-0.39, 0.29) is 11.4 Å². The van der Waals surface area contributed by atoms with Crippen molar-refractivity contribution < 1.29 is 27.4 Å². The molecule has 4 rings (SSSR count). The van der Waals surface area contributed by atoms with Gasteiger partial charge in [0.2, 0.25) is 11.5 Å². The van der Waals surface area contributed by atoms with Crippen molar-refractivity contribution >= 4 is 10.9 Å². The predicted octanol–water partition coefficient (Wildman–Crippen LogP) is 4.37. The second-order valence-electron chi connectivity index (χ2n) is 6.60. The lowest BCUT2D eigenvalue weighted by molar-refractivity contribution is -0.248. The monoisotopic (exact) mass is 417 g/mol. The molecule has 0 aliphatic carbocycles. The Morgan fingerprint density at radius 2 is 1.63 bits per heavy atom. The molecule has 2 aromatic heterocycles. The number of benzene rings is 2. The topological polar surface area (TPSA) is 60.2 Å². The van der Waals surface area contributed by atoms with Crippen LogP contribution in [0.15, 0.2) is 67.0 Å². The van der Waals surface area contributed by atoms with Crippen molar-refractivity contribution in [3.63, 3.8) is 0 Å². The first-order valence-electron chi connectivity index (χ1n) is 8.78. The molecule has 1 atom stereocenters. The fourth-order valence-corrected chi connectivity index (χ4v) is 3.26. The molecule has 0 radical (unpaired) electrons. The van der Waals surface area contributed by atoms with Crippen LogP contribution in [-0.4, -0.2) is 33.2 Å². The van der Waals surface area contributed by atoms with Gasteiger partial charge in [-0.1, -0.05) is 6.07 Å². The minimum Gasteiger partial charge on any atom is -0.481 e. The highest BCUT2D eigenvalue weighted by molar-refractivity contribution is 5.81. The van der Waals surface area contributed by atoms with Crippen molar-refractivity contribution in [1.29, 1.82) is 0 Å². The van der Waals surface area contributed by atoms with Crippen LogP contribution < -0.4 is 4.74 Å². The molecule has 0 saturated heterocycles. The van der Waals surface area contributed by atoms with Gasteiger partial charge in [-0.2, -0.15) is 18.3 Å². The zero-order valence-electron chi connectivity index (χ0n) is 15.6. The minimum atomic E-state index is -5.01. The number of aromatic nitrogens is 3. The van der Waals surface area contributed by atoms with Crippen molar-refractivity contribution in [2.75, 3.05) is 7.11 Å². The smallest absolute Gasteiger partial charge is 0.425 e. The fraction of sp³-hybridized carbons (Fsp3) is 0.143. The summed E-state index contributed by atoms with van der Waals surface area (Å²) in [7, 11) is 1.34. The Labute approximate surface area is 168 Å². The van der Waals surface area contributed by atoms with Crippen LogP contribution >= 0.6 is 0 Å². The number of hydrogen-bond acceptors (Lipinski definition) is 4. The summed E-state index contributed by atoms with van der Waals surface area (Å²) >= 11 is 0. The van der Waals surface area contributed by atoms with Gasteiger partial charge in [-0.3, -0.25) is 0 Å². The highest BCUT2D eigenvalue weighted by Crippen LogP contribution is 2.44. The number of aliphatic hydroxyl groups is 1. The fourth-order valence-electron chi connectivity index (χ4n) is 3.26. The summed E-state index contributed by atoms with van der Waals surface area (Å²) in [6.07, 6.45) is -2.70. The molecule has 2 aromatic carbocycles. The molecule has 0 aliphatic heterocycles. The molecular formula is C21H15F4N3O2. The van der Waals surface area contributed by atoms with Crippen LogP contribution in [0.1, 0.15) is 11.1 Å². The van der Waals surface area contributed by atoms with Gasteiger partial charge >= 0.3 is 6.18 Å². The number of halogens is 4. The van der Waals surface area contributed by atoms with Gasteiger partial charge in [-0.05, 0) is 48.0 Å². The number of fused-ring (bicyclic) bond motifs is 1. The maximum absolute atomic E-state index is 14.0. The second kappa shape index (κ2) is 7.10. The molecule has 0 amide bonds. The summed E-state index contributed by atoms with van der Waals surface area (Å²) in [6, 6.07) is 11.7. The SMILES string of the molecule is COc1ccc(C(O)(c2ccc3c(cnn3-c3ccc(F)cc3)c2)C(F)(F)F)cn1. The summed E-state index contributed by atoms with van der Waals surface area (Å²) < 4.78 is 61.5. The van der Waals surface area contributed by atoms with Crippen molar-refractivity contribution in [2.45, 2.75) is 11.8 Å². The first-order chi connectivity index (χ1) is 14.2. The van der Waals surface area contributed by atoms with Crippen molar-refractivity contribution in [1.82, 2.24) is 14.8 Å². The number of hydrogen-bond donors (Lipinski definition) is 1. The number of pyridine rings is 1. The van der Waals surface area contributed by atoms with Crippen LogP contribution in [0.25, 0.3) is 16.6 Å². The van der Waals surface area contributed by atoms with E-state index in [1.165, 1.54) is 66.5 Å². The molecule has 2 heterocycles. The third-order valence-corrected chi connectivity index (χ3v) is 4.83. The number of methoxy groups -OCH3 is 1. The number of rotatable bonds is 4. The van der Waals surface area contributed by atoms with Gasteiger partial charge in [-0.15, -0.1) is 0 Å². The standard InChI is InChI=1S/C21H15F4N3O2/c1-30-19-9-3-15(12-26-19)20(29,21(23,24)25)14-2-8-18-13(10-14)11-27-28(18)17-6-4-16(22)5-7-17/h2-12,29H,1H3. The quantitative estimate of drug-likeness (QED) is 0.501. The van der Waals surface area contributed by atoms with Gasteiger partial charge in [0.25, 0.3) is 0 Å². The van der Waals surface area contributed by atoms with E-state index in [2.05, 4.69) is 10.1 Å². The van der Waals surface area contributed by atoms with Gasteiger partial charge in [-0.25, -0.2) is 14.1 Å². The molecule has 4 aromatic rings. The van der Waals surface area contributed by atoms with Gasteiger partial charge in [0.15, 0.2) is 0 Å². The molecule has 0 bridgehead atoms. The Morgan fingerprint density at radius 1 is 0.933 bits per heavy atom. The van der Waals surface area contributed by atoms with E-state index in [0.717, 1.165) is 12.3 Å². The Hall–Kier alpha value is -3.46. The Bertz CT molecular complexity index is 1190. The molecule has 154 valence electrons. The molecule has 5 nitrogen and oxygen atoms in total. The molecule has 0 aliphatic rings. The Balaban J connectivity index is 1.83. The van der Waals surface area contributed by atoms with Crippen molar-refractivity contribution in [3.05, 3.63) is 83.9 Å². The second-order valence-corrected chi connectivity index (χ2v) is 6.60. The van der Waals surface area contributed by atoms with Crippen LogP contribution in [-0.2, 0) is 5.60 Å². The van der Waals surface area contributed by atoms with Crippen LogP contribution in [0.2, 0.25) is 0 Å². The van der Waals surface area contributed by atoms with E-state index in [1.54, 1.807) is 0 Å². The summed E-state index contributed by atoms with van der Waals surface area (Å²) in [5.41, 5.74) is -3.06. The van der Waals surface area contributed by atoms with Crippen LogP contribution in [0.3, 0.4) is 0 Å². The summed E-state index contributed by atoms with van der Waals surface area (Å²) in [5.74, 6) is -0.292. The van der Waals surface area contributed by atoms with Crippen LogP contribution in [0.5, 0.6) is 5.88 Å². The third kappa shape index (κ3) is 3.17. The van der Waals surface area contributed by atoms with Crippen molar-refractivity contribution in [2.24, 2.45) is 0 Å². The van der Waals surface area contributed by atoms with Gasteiger partial charge < -0.3 is 9.84 Å².